The summed E-state index contributed by atoms with van der Waals surface area (Å²) in [5.74, 6) is -0.200. The zero-order valence-electron chi connectivity index (χ0n) is 12.8. The second kappa shape index (κ2) is 4.60. The monoisotopic (exact) mass is 312 g/mol. The van der Waals surface area contributed by atoms with E-state index in [-0.39, 0.29) is 41.6 Å². The lowest BCUT2D eigenvalue weighted by Crippen LogP contribution is -3.11. The average Bonchev–Trinajstić information content (AvgIpc) is 3.13. The summed E-state index contributed by atoms with van der Waals surface area (Å²) in [5.41, 5.74) is 2.29. The van der Waals surface area contributed by atoms with Crippen molar-refractivity contribution in [2.24, 2.45) is 11.8 Å². The third-order valence-electron chi connectivity index (χ3n) is 5.80. The van der Waals surface area contributed by atoms with Crippen molar-refractivity contribution in [3.63, 3.8) is 0 Å². The molecule has 23 heavy (non-hydrogen) atoms. The van der Waals surface area contributed by atoms with Crippen molar-refractivity contribution in [3.8, 4) is 0 Å². The molecule has 4 heterocycles. The summed E-state index contributed by atoms with van der Waals surface area (Å²) in [6.45, 7) is 2.03. The number of ketones is 2. The maximum atomic E-state index is 12.9. The molecule has 4 aliphatic heterocycles. The molecule has 118 valence electrons. The second-order valence-electron chi connectivity index (χ2n) is 6.87. The first-order valence-corrected chi connectivity index (χ1v) is 8.12. The van der Waals surface area contributed by atoms with Crippen LogP contribution in [0.3, 0.4) is 0 Å². The zero-order valence-corrected chi connectivity index (χ0v) is 12.8. The van der Waals surface area contributed by atoms with Gasteiger partial charge in [0.15, 0.2) is 17.6 Å². The van der Waals surface area contributed by atoms with Crippen LogP contribution in [-0.2, 0) is 19.1 Å². The van der Waals surface area contributed by atoms with E-state index in [1.54, 1.807) is 6.92 Å². The lowest BCUT2D eigenvalue weighted by atomic mass is 9.76. The van der Waals surface area contributed by atoms with Crippen LogP contribution in [0.4, 0.5) is 0 Å². The quantitative estimate of drug-likeness (QED) is 0.800. The molecule has 3 saturated heterocycles. The average molecular weight is 312 g/mol. The summed E-state index contributed by atoms with van der Waals surface area (Å²) in [7, 11) is 0. The SMILES string of the molecule is CC(=O)[C@H]1[C@@H]2[C@H](C(=O)[C@H]3OC[C@@H]2O3)[C@H]2c3ccccc3C=C[NH+]21. The molecule has 1 aromatic rings. The Balaban J connectivity index is 1.70. The molecule has 2 bridgehead atoms. The molecular weight excluding hydrogens is 294 g/mol. The summed E-state index contributed by atoms with van der Waals surface area (Å²) in [6.07, 6.45) is 3.22. The molecule has 5 heteroatoms. The fourth-order valence-electron chi connectivity index (χ4n) is 5.00. The summed E-state index contributed by atoms with van der Waals surface area (Å²) in [5, 5.41) is 0. The predicted octanol–water partition coefficient (Wildman–Crippen LogP) is 0.125. The fourth-order valence-corrected chi connectivity index (χ4v) is 5.00. The molecule has 0 radical (unpaired) electrons. The Bertz CT molecular complexity index is 742. The number of quaternary nitrogens is 1. The number of hydrogen-bond donors (Lipinski definition) is 1. The van der Waals surface area contributed by atoms with Gasteiger partial charge in [-0.1, -0.05) is 24.3 Å². The lowest BCUT2D eigenvalue weighted by molar-refractivity contribution is -0.885. The maximum absolute atomic E-state index is 12.9. The smallest absolute Gasteiger partial charge is 0.218 e. The molecule has 0 spiro atoms. The molecule has 7 atom stereocenters. The Morgan fingerprint density at radius 3 is 2.96 bits per heavy atom. The first-order valence-electron chi connectivity index (χ1n) is 8.12. The molecule has 0 saturated carbocycles. The van der Waals surface area contributed by atoms with E-state index in [9.17, 15) is 9.59 Å². The highest BCUT2D eigenvalue weighted by molar-refractivity contribution is 5.90. The molecule has 1 aromatic carbocycles. The van der Waals surface area contributed by atoms with Gasteiger partial charge >= 0.3 is 0 Å². The molecule has 5 nitrogen and oxygen atoms in total. The number of hydrogen-bond acceptors (Lipinski definition) is 4. The predicted molar refractivity (Wildman–Crippen MR) is 80.2 cm³/mol. The van der Waals surface area contributed by atoms with Crippen LogP contribution >= 0.6 is 0 Å². The van der Waals surface area contributed by atoms with Gasteiger partial charge in [-0.15, -0.1) is 0 Å². The number of ether oxygens (including phenoxy) is 2. The van der Waals surface area contributed by atoms with Crippen LogP contribution in [0.5, 0.6) is 0 Å². The summed E-state index contributed by atoms with van der Waals surface area (Å²) < 4.78 is 11.2. The number of benzene rings is 1. The van der Waals surface area contributed by atoms with Gasteiger partial charge in [0, 0.05) is 12.5 Å². The van der Waals surface area contributed by atoms with E-state index in [4.69, 9.17) is 9.47 Å². The van der Waals surface area contributed by atoms with Crippen molar-refractivity contribution in [2.45, 2.75) is 31.4 Å². The van der Waals surface area contributed by atoms with E-state index >= 15 is 0 Å². The van der Waals surface area contributed by atoms with Crippen LogP contribution in [-0.4, -0.2) is 36.6 Å². The molecule has 0 aromatic heterocycles. The largest absolute Gasteiger partial charge is 0.343 e. The topological polar surface area (TPSA) is 57.0 Å². The zero-order chi connectivity index (χ0) is 15.7. The van der Waals surface area contributed by atoms with E-state index in [0.717, 1.165) is 16.0 Å². The van der Waals surface area contributed by atoms with Gasteiger partial charge in [0.25, 0.3) is 0 Å². The highest BCUT2D eigenvalue weighted by Gasteiger charge is 2.66. The number of Topliss-reactive ketones (excluding diaryl/α,β-unsaturated/α-hetero) is 2. The van der Waals surface area contributed by atoms with Crippen LogP contribution in [0.25, 0.3) is 6.08 Å². The highest BCUT2D eigenvalue weighted by Crippen LogP contribution is 2.46. The van der Waals surface area contributed by atoms with Crippen LogP contribution in [0.1, 0.15) is 24.1 Å². The molecule has 1 unspecified atom stereocenters. The van der Waals surface area contributed by atoms with Crippen molar-refractivity contribution < 1.29 is 24.0 Å². The molecule has 0 aliphatic carbocycles. The van der Waals surface area contributed by atoms with Crippen LogP contribution in [0.15, 0.2) is 30.5 Å². The van der Waals surface area contributed by atoms with Crippen LogP contribution in [0.2, 0.25) is 0 Å². The Hall–Kier alpha value is -1.82. The van der Waals surface area contributed by atoms with Gasteiger partial charge in [-0.05, 0) is 11.6 Å². The molecule has 5 rings (SSSR count). The van der Waals surface area contributed by atoms with Crippen molar-refractivity contribution in [2.75, 3.05) is 6.61 Å². The van der Waals surface area contributed by atoms with Gasteiger partial charge in [0.2, 0.25) is 6.29 Å². The summed E-state index contributed by atoms with van der Waals surface area (Å²) >= 11 is 0. The van der Waals surface area contributed by atoms with E-state index in [1.807, 2.05) is 12.1 Å². The van der Waals surface area contributed by atoms with Gasteiger partial charge in [0.1, 0.15) is 6.04 Å². The van der Waals surface area contributed by atoms with Crippen molar-refractivity contribution in [1.82, 2.24) is 0 Å². The Morgan fingerprint density at radius 1 is 1.30 bits per heavy atom. The maximum Gasteiger partial charge on any atom is 0.218 e. The lowest BCUT2D eigenvalue weighted by Gasteiger charge is -2.30. The Morgan fingerprint density at radius 2 is 2.13 bits per heavy atom. The van der Waals surface area contributed by atoms with Crippen molar-refractivity contribution >= 4 is 17.6 Å². The van der Waals surface area contributed by atoms with Gasteiger partial charge in [0.05, 0.1) is 30.7 Å². The van der Waals surface area contributed by atoms with Gasteiger partial charge < -0.3 is 9.47 Å². The second-order valence-corrected chi connectivity index (χ2v) is 6.87. The number of carbonyl (C=O) groups is 2. The number of fused-ring (bicyclic) bond motifs is 8. The number of nitrogens with one attached hydrogen (secondary N) is 1. The minimum atomic E-state index is -0.744. The standard InChI is InChI=1S/C18H17NO4/c1-9(20)15-13-12-8-22-18(23-12)17(21)14(13)16-11-5-3-2-4-10(11)6-7-19(15)16/h2-7,12-16,18H,8H2,1H3/p+1/t12-,13-,14-,15-,16+,18-/m0/s1. The fraction of sp³-hybridized carbons (Fsp3) is 0.444. The highest BCUT2D eigenvalue weighted by atomic mass is 16.7. The molecular formula is C18H18NO4+. The molecule has 0 amide bonds. The molecule has 1 N–H and O–H groups in total. The number of carbonyl (C=O) groups excluding carboxylic acids is 2. The molecule has 3 fully saturated rings. The third kappa shape index (κ3) is 1.67. The summed E-state index contributed by atoms with van der Waals surface area (Å²) in [6, 6.07) is 7.88. The van der Waals surface area contributed by atoms with Gasteiger partial charge in [-0.2, -0.15) is 0 Å². The van der Waals surface area contributed by atoms with Crippen LogP contribution < -0.4 is 4.90 Å². The van der Waals surface area contributed by atoms with Gasteiger partial charge in [-0.3, -0.25) is 14.5 Å². The van der Waals surface area contributed by atoms with Gasteiger partial charge in [-0.25, -0.2) is 0 Å². The van der Waals surface area contributed by atoms with E-state index in [2.05, 4.69) is 24.4 Å². The van der Waals surface area contributed by atoms with E-state index < -0.39 is 6.29 Å². The minimum Gasteiger partial charge on any atom is -0.343 e. The summed E-state index contributed by atoms with van der Waals surface area (Å²) in [4.78, 5) is 26.4. The van der Waals surface area contributed by atoms with E-state index in [0.29, 0.717) is 6.61 Å². The van der Waals surface area contributed by atoms with Crippen molar-refractivity contribution in [3.05, 3.63) is 41.6 Å². The van der Waals surface area contributed by atoms with Crippen molar-refractivity contribution in [1.29, 1.82) is 0 Å². The normalized spacial score (nSPS) is 43.0. The first-order chi connectivity index (χ1) is 11.2. The minimum absolute atomic E-state index is 0.0000954. The molecule has 4 aliphatic rings. The number of rotatable bonds is 1. The first kappa shape index (κ1) is 13.6. The Labute approximate surface area is 133 Å². The third-order valence-corrected chi connectivity index (χ3v) is 5.80. The van der Waals surface area contributed by atoms with E-state index in [1.165, 1.54) is 0 Å². The Kier molecular flexibility index (Phi) is 2.72. The van der Waals surface area contributed by atoms with Crippen LogP contribution in [0, 0.1) is 11.8 Å².